The molecule has 29 heavy (non-hydrogen) atoms. The van der Waals surface area contributed by atoms with Gasteiger partial charge in [0.15, 0.2) is 0 Å². The monoisotopic (exact) mass is 392 g/mol. The molecule has 2 aromatic carbocycles. The third kappa shape index (κ3) is 4.33. The number of hydrazone groups is 1. The van der Waals surface area contributed by atoms with Gasteiger partial charge in [0.25, 0.3) is 5.91 Å². The van der Waals surface area contributed by atoms with E-state index in [-0.39, 0.29) is 11.9 Å². The fourth-order valence-corrected chi connectivity index (χ4v) is 4.26. The molecule has 0 saturated carbocycles. The Morgan fingerprint density at radius 2 is 1.90 bits per heavy atom. The highest BCUT2D eigenvalue weighted by Gasteiger charge is 2.38. The molecule has 2 aliphatic rings. The van der Waals surface area contributed by atoms with Crippen molar-refractivity contribution in [1.29, 1.82) is 0 Å². The van der Waals surface area contributed by atoms with Crippen LogP contribution in [0.15, 0.2) is 59.7 Å². The molecule has 2 aliphatic heterocycles. The van der Waals surface area contributed by atoms with Gasteiger partial charge < -0.3 is 15.7 Å². The summed E-state index contributed by atoms with van der Waals surface area (Å²) in [7, 11) is 0. The largest absolute Gasteiger partial charge is 0.390 e. The Hall–Kier alpha value is -2.70. The first-order chi connectivity index (χ1) is 14.1. The van der Waals surface area contributed by atoms with Gasteiger partial charge in [-0.1, -0.05) is 30.3 Å². The molecule has 4 rings (SSSR count). The van der Waals surface area contributed by atoms with E-state index < -0.39 is 5.60 Å². The summed E-state index contributed by atoms with van der Waals surface area (Å²) in [4.78, 5) is 14.7. The van der Waals surface area contributed by atoms with Crippen LogP contribution < -0.4 is 10.7 Å². The number of aliphatic hydroxyl groups is 1. The van der Waals surface area contributed by atoms with Gasteiger partial charge in [0.05, 0.1) is 17.3 Å². The van der Waals surface area contributed by atoms with Crippen LogP contribution in [0.4, 0.5) is 5.69 Å². The van der Waals surface area contributed by atoms with E-state index in [0.29, 0.717) is 44.5 Å². The maximum Gasteiger partial charge on any atom is 0.253 e. The zero-order chi connectivity index (χ0) is 20.3. The zero-order valence-electron chi connectivity index (χ0n) is 16.6. The summed E-state index contributed by atoms with van der Waals surface area (Å²) >= 11 is 0. The molecule has 0 bridgehead atoms. The lowest BCUT2D eigenvalue weighted by Gasteiger charge is -2.40. The SMILES string of the molecule is NCc1cccc(C(=O)N2CCC(O)(CC3CC=NN3c3ccccc3)CC2)c1. The minimum atomic E-state index is -0.777. The number of para-hydroxylation sites is 1. The van der Waals surface area contributed by atoms with E-state index in [1.54, 1.807) is 0 Å². The van der Waals surface area contributed by atoms with Crippen molar-refractivity contribution >= 4 is 17.8 Å². The summed E-state index contributed by atoms with van der Waals surface area (Å²) in [6.45, 7) is 1.53. The summed E-state index contributed by atoms with van der Waals surface area (Å²) in [5.41, 5.74) is 7.57. The first-order valence-corrected chi connectivity index (χ1v) is 10.3. The summed E-state index contributed by atoms with van der Waals surface area (Å²) < 4.78 is 0. The van der Waals surface area contributed by atoms with Crippen LogP contribution in [0.1, 0.15) is 41.6 Å². The van der Waals surface area contributed by atoms with E-state index in [0.717, 1.165) is 17.7 Å². The van der Waals surface area contributed by atoms with Gasteiger partial charge in [0.1, 0.15) is 0 Å². The molecule has 1 saturated heterocycles. The van der Waals surface area contributed by atoms with Crippen molar-refractivity contribution in [2.75, 3.05) is 18.1 Å². The number of likely N-dealkylation sites (tertiary alicyclic amines) is 1. The summed E-state index contributed by atoms with van der Waals surface area (Å²) in [6.07, 6.45) is 4.55. The molecule has 1 unspecified atom stereocenters. The highest BCUT2D eigenvalue weighted by atomic mass is 16.3. The van der Waals surface area contributed by atoms with Crippen LogP contribution in [-0.4, -0.2) is 46.9 Å². The maximum absolute atomic E-state index is 12.8. The van der Waals surface area contributed by atoms with Crippen molar-refractivity contribution in [3.63, 3.8) is 0 Å². The lowest BCUT2D eigenvalue weighted by atomic mass is 9.84. The van der Waals surface area contributed by atoms with Crippen LogP contribution in [0.3, 0.4) is 0 Å². The van der Waals surface area contributed by atoms with Gasteiger partial charge in [-0.3, -0.25) is 9.80 Å². The Morgan fingerprint density at radius 1 is 1.14 bits per heavy atom. The van der Waals surface area contributed by atoms with Crippen LogP contribution in [-0.2, 0) is 6.54 Å². The second-order valence-electron chi connectivity index (χ2n) is 7.99. The second kappa shape index (κ2) is 8.35. The number of nitrogens with two attached hydrogens (primary N) is 1. The first-order valence-electron chi connectivity index (χ1n) is 10.3. The van der Waals surface area contributed by atoms with Crippen LogP contribution in [0.2, 0.25) is 0 Å². The predicted molar refractivity (Wildman–Crippen MR) is 115 cm³/mol. The van der Waals surface area contributed by atoms with E-state index in [2.05, 4.69) is 5.10 Å². The summed E-state index contributed by atoms with van der Waals surface area (Å²) in [5.74, 6) is 0.0115. The number of piperidine rings is 1. The number of amides is 1. The average Bonchev–Trinajstić information content (AvgIpc) is 3.22. The van der Waals surface area contributed by atoms with Gasteiger partial charge in [-0.05, 0) is 49.1 Å². The van der Waals surface area contributed by atoms with Gasteiger partial charge in [0.2, 0.25) is 0 Å². The lowest BCUT2D eigenvalue weighted by molar-refractivity contribution is -0.0268. The third-order valence-electron chi connectivity index (χ3n) is 5.96. The number of hydrogen-bond donors (Lipinski definition) is 2. The fraction of sp³-hybridized carbons (Fsp3) is 0.391. The van der Waals surface area contributed by atoms with Crippen LogP contribution in [0, 0.1) is 0 Å². The number of benzene rings is 2. The quantitative estimate of drug-likeness (QED) is 0.820. The zero-order valence-corrected chi connectivity index (χ0v) is 16.6. The van der Waals surface area contributed by atoms with Crippen LogP contribution >= 0.6 is 0 Å². The predicted octanol–water partition coefficient (Wildman–Crippen LogP) is 2.77. The Labute approximate surface area is 171 Å². The van der Waals surface area contributed by atoms with E-state index in [4.69, 9.17) is 5.73 Å². The van der Waals surface area contributed by atoms with Crippen LogP contribution in [0.5, 0.6) is 0 Å². The molecule has 3 N–H and O–H groups in total. The molecular formula is C23H28N4O2. The number of carbonyl (C=O) groups is 1. The number of carbonyl (C=O) groups excluding carboxylic acids is 1. The topological polar surface area (TPSA) is 82.2 Å². The highest BCUT2D eigenvalue weighted by Crippen LogP contribution is 2.33. The molecule has 1 fully saturated rings. The van der Waals surface area contributed by atoms with E-state index in [9.17, 15) is 9.90 Å². The number of hydrogen-bond acceptors (Lipinski definition) is 5. The summed E-state index contributed by atoms with van der Waals surface area (Å²) in [6, 6.07) is 17.7. The van der Waals surface area contributed by atoms with Crippen molar-refractivity contribution in [3.8, 4) is 0 Å². The smallest absolute Gasteiger partial charge is 0.253 e. The standard InChI is InChI=1S/C23H28N4O2/c24-17-18-5-4-6-19(15-18)22(28)26-13-10-23(29,11-14-26)16-21-9-12-25-27(21)20-7-2-1-3-8-20/h1-8,12,15,21,29H,9-11,13-14,16-17,24H2. The van der Waals surface area contributed by atoms with E-state index in [1.807, 2.05) is 70.7 Å². The van der Waals surface area contributed by atoms with Crippen molar-refractivity contribution in [2.24, 2.45) is 10.8 Å². The molecule has 1 atom stereocenters. The Bertz CT molecular complexity index is 875. The van der Waals surface area contributed by atoms with Gasteiger partial charge >= 0.3 is 0 Å². The second-order valence-corrected chi connectivity index (χ2v) is 7.99. The molecule has 0 aromatic heterocycles. The minimum Gasteiger partial charge on any atom is -0.390 e. The Balaban J connectivity index is 1.37. The van der Waals surface area contributed by atoms with Crippen molar-refractivity contribution in [2.45, 2.75) is 43.9 Å². The molecule has 1 amide bonds. The fourth-order valence-electron chi connectivity index (χ4n) is 4.26. The number of anilines is 1. The number of rotatable bonds is 5. The molecule has 152 valence electrons. The van der Waals surface area contributed by atoms with Gasteiger partial charge in [-0.2, -0.15) is 5.10 Å². The van der Waals surface area contributed by atoms with E-state index in [1.165, 1.54) is 0 Å². The molecular weight excluding hydrogens is 364 g/mol. The molecule has 2 heterocycles. The van der Waals surface area contributed by atoms with Crippen molar-refractivity contribution < 1.29 is 9.90 Å². The molecule has 6 nitrogen and oxygen atoms in total. The van der Waals surface area contributed by atoms with E-state index >= 15 is 0 Å². The summed E-state index contributed by atoms with van der Waals surface area (Å²) in [5, 5.41) is 17.7. The average molecular weight is 393 g/mol. The van der Waals surface area contributed by atoms with Crippen LogP contribution in [0.25, 0.3) is 0 Å². The van der Waals surface area contributed by atoms with Crippen molar-refractivity contribution in [3.05, 3.63) is 65.7 Å². The normalized spacial score (nSPS) is 20.8. The van der Waals surface area contributed by atoms with Gasteiger partial charge in [-0.25, -0.2) is 0 Å². The molecule has 0 radical (unpaired) electrons. The first kappa shape index (κ1) is 19.6. The van der Waals surface area contributed by atoms with Gasteiger partial charge in [-0.15, -0.1) is 0 Å². The maximum atomic E-state index is 12.8. The van der Waals surface area contributed by atoms with Crippen molar-refractivity contribution in [1.82, 2.24) is 4.90 Å². The Morgan fingerprint density at radius 3 is 2.62 bits per heavy atom. The third-order valence-corrected chi connectivity index (χ3v) is 5.96. The molecule has 0 aliphatic carbocycles. The highest BCUT2D eigenvalue weighted by molar-refractivity contribution is 5.94. The minimum absolute atomic E-state index is 0.0115. The molecule has 0 spiro atoms. The molecule has 2 aromatic rings. The molecule has 6 heteroatoms. The van der Waals surface area contributed by atoms with Gasteiger partial charge in [0, 0.05) is 37.8 Å². The lowest BCUT2D eigenvalue weighted by Crippen LogP contribution is -2.49. The number of nitrogens with zero attached hydrogens (tertiary/aromatic N) is 3. The Kier molecular flexibility index (Phi) is 5.65.